The number of rotatable bonds is 6. The molecule has 0 bridgehead atoms. The van der Waals surface area contributed by atoms with Crippen LogP contribution in [-0.4, -0.2) is 33.8 Å². The summed E-state index contributed by atoms with van der Waals surface area (Å²) in [5, 5.41) is 13.4. The van der Waals surface area contributed by atoms with Crippen molar-refractivity contribution in [2.45, 2.75) is 12.6 Å². The third kappa shape index (κ3) is 3.25. The van der Waals surface area contributed by atoms with Gasteiger partial charge in [0.15, 0.2) is 22.9 Å². The maximum absolute atomic E-state index is 13.6. The highest BCUT2D eigenvalue weighted by molar-refractivity contribution is 7.09. The van der Waals surface area contributed by atoms with Crippen LogP contribution in [0.15, 0.2) is 82.1 Å². The minimum atomic E-state index is -0.768. The third-order valence-corrected chi connectivity index (χ3v) is 6.29. The Bertz CT molecular complexity index is 1340. The molecule has 1 unspecified atom stereocenters. The van der Waals surface area contributed by atoms with Gasteiger partial charge in [0, 0.05) is 22.7 Å². The minimum absolute atomic E-state index is 0.0178. The number of para-hydroxylation sites is 1. The molecule has 4 aromatic rings. The van der Waals surface area contributed by atoms with Crippen LogP contribution in [0.25, 0.3) is 11.0 Å². The van der Waals surface area contributed by atoms with Crippen LogP contribution in [0.4, 0.5) is 0 Å². The van der Waals surface area contributed by atoms with Gasteiger partial charge in [-0.05, 0) is 41.3 Å². The van der Waals surface area contributed by atoms with Gasteiger partial charge in [0.1, 0.15) is 0 Å². The molecule has 0 fully saturated rings. The molecule has 1 N–H and O–H groups in total. The average Bonchev–Trinajstić information content (AvgIpc) is 3.54. The highest BCUT2D eigenvalue weighted by Gasteiger charge is 2.44. The molecule has 32 heavy (non-hydrogen) atoms. The Morgan fingerprint density at radius 2 is 2.03 bits per heavy atom. The molecular weight excluding hydrogens is 428 g/mol. The number of fused-ring (bicyclic) bond motifs is 1. The van der Waals surface area contributed by atoms with Gasteiger partial charge in [-0.15, -0.1) is 11.3 Å². The molecular formula is C24H18N2O5S. The number of hydrogen-bond donors (Lipinski definition) is 1. The standard InChI is InChI=1S/C24H18N2O5S/c1-30-17-6-2-4-15-12-18(31-23(15)17)21(27)19-20(14-7-9-25-10-8-14)26(24(29)22(19)28)13-16-5-3-11-32-16/h2-12,20,28H,13H2,1H3. The molecule has 0 saturated carbocycles. The van der Waals surface area contributed by atoms with Gasteiger partial charge in [0.25, 0.3) is 5.91 Å². The van der Waals surface area contributed by atoms with Crippen molar-refractivity contribution in [2.24, 2.45) is 0 Å². The number of furan rings is 1. The molecule has 0 spiro atoms. The molecule has 1 atom stereocenters. The Hall–Kier alpha value is -3.91. The van der Waals surface area contributed by atoms with Crippen molar-refractivity contribution in [2.75, 3.05) is 7.11 Å². The summed E-state index contributed by atoms with van der Waals surface area (Å²) in [6.45, 7) is 0.262. The van der Waals surface area contributed by atoms with E-state index in [1.54, 1.807) is 48.8 Å². The molecule has 1 amide bonds. The number of benzene rings is 1. The Morgan fingerprint density at radius 3 is 2.75 bits per heavy atom. The lowest BCUT2D eigenvalue weighted by Gasteiger charge is -2.26. The summed E-state index contributed by atoms with van der Waals surface area (Å²) in [6, 6.07) is 13.4. The number of pyridine rings is 1. The predicted octanol–water partition coefficient (Wildman–Crippen LogP) is 4.68. The predicted molar refractivity (Wildman–Crippen MR) is 119 cm³/mol. The van der Waals surface area contributed by atoms with Crippen LogP contribution in [0, 0.1) is 0 Å². The van der Waals surface area contributed by atoms with E-state index in [-0.39, 0.29) is 17.9 Å². The zero-order chi connectivity index (χ0) is 22.2. The van der Waals surface area contributed by atoms with Crippen LogP contribution in [0.5, 0.6) is 5.75 Å². The van der Waals surface area contributed by atoms with Gasteiger partial charge in [-0.25, -0.2) is 0 Å². The molecule has 1 aliphatic rings. The van der Waals surface area contributed by atoms with Crippen molar-refractivity contribution in [3.8, 4) is 5.75 Å². The zero-order valence-electron chi connectivity index (χ0n) is 17.0. The number of Topliss-reactive ketones (excluding diaryl/α,β-unsaturated/α-hetero) is 1. The summed E-state index contributed by atoms with van der Waals surface area (Å²) in [4.78, 5) is 33.1. The number of carbonyl (C=O) groups excluding carboxylic acids is 2. The number of methoxy groups -OCH3 is 1. The molecule has 8 heteroatoms. The van der Waals surface area contributed by atoms with Gasteiger partial charge in [-0.1, -0.05) is 18.2 Å². The number of hydrogen-bond acceptors (Lipinski definition) is 7. The monoisotopic (exact) mass is 446 g/mol. The first kappa shape index (κ1) is 20.0. The number of aliphatic hydroxyl groups is 1. The fourth-order valence-corrected chi connectivity index (χ4v) is 4.66. The van der Waals surface area contributed by atoms with Crippen LogP contribution in [0.1, 0.15) is 27.0 Å². The molecule has 160 valence electrons. The first-order valence-corrected chi connectivity index (χ1v) is 10.7. The van der Waals surface area contributed by atoms with Gasteiger partial charge in [0.2, 0.25) is 5.78 Å². The van der Waals surface area contributed by atoms with Gasteiger partial charge < -0.3 is 19.2 Å². The number of ketones is 1. The lowest BCUT2D eigenvalue weighted by atomic mass is 9.95. The van der Waals surface area contributed by atoms with E-state index in [1.807, 2.05) is 17.5 Å². The van der Waals surface area contributed by atoms with E-state index in [4.69, 9.17) is 9.15 Å². The Kier molecular flexibility index (Phi) is 4.99. The maximum Gasteiger partial charge on any atom is 0.290 e. The third-order valence-electron chi connectivity index (χ3n) is 5.43. The topological polar surface area (TPSA) is 92.9 Å². The van der Waals surface area contributed by atoms with E-state index < -0.39 is 23.5 Å². The zero-order valence-corrected chi connectivity index (χ0v) is 17.8. The van der Waals surface area contributed by atoms with Gasteiger partial charge in [0.05, 0.1) is 25.3 Å². The van der Waals surface area contributed by atoms with Crippen LogP contribution in [0.3, 0.4) is 0 Å². The van der Waals surface area contributed by atoms with Crippen LogP contribution < -0.4 is 4.74 Å². The van der Waals surface area contributed by atoms with Crippen molar-refractivity contribution < 1.29 is 23.8 Å². The number of ether oxygens (including phenoxy) is 1. The summed E-state index contributed by atoms with van der Waals surface area (Å²) in [7, 11) is 1.52. The number of aromatic nitrogens is 1. The largest absolute Gasteiger partial charge is 0.503 e. The van der Waals surface area contributed by atoms with E-state index in [9.17, 15) is 14.7 Å². The molecule has 0 aliphatic carbocycles. The molecule has 4 heterocycles. The SMILES string of the molecule is COc1cccc2cc(C(=O)C3=C(O)C(=O)N(Cc4cccs4)C3c3ccncc3)oc12. The molecule has 5 rings (SSSR count). The fourth-order valence-electron chi connectivity index (χ4n) is 3.95. The number of amides is 1. The smallest absolute Gasteiger partial charge is 0.290 e. The van der Waals surface area contributed by atoms with Crippen molar-refractivity contribution >= 4 is 34.0 Å². The number of aliphatic hydroxyl groups excluding tert-OH is 1. The first-order valence-electron chi connectivity index (χ1n) is 9.86. The minimum Gasteiger partial charge on any atom is -0.503 e. The van der Waals surface area contributed by atoms with E-state index >= 15 is 0 Å². The maximum atomic E-state index is 13.6. The molecule has 3 aromatic heterocycles. The van der Waals surface area contributed by atoms with Crippen LogP contribution in [-0.2, 0) is 11.3 Å². The highest BCUT2D eigenvalue weighted by Crippen LogP contribution is 2.41. The molecule has 1 aromatic carbocycles. The summed E-state index contributed by atoms with van der Waals surface area (Å²) < 4.78 is 11.1. The second-order valence-electron chi connectivity index (χ2n) is 7.28. The molecule has 7 nitrogen and oxygen atoms in total. The summed E-state index contributed by atoms with van der Waals surface area (Å²) in [6.07, 6.45) is 3.18. The van der Waals surface area contributed by atoms with Gasteiger partial charge >= 0.3 is 0 Å². The normalized spacial score (nSPS) is 16.2. The Morgan fingerprint density at radius 1 is 1.22 bits per heavy atom. The van der Waals surface area contributed by atoms with Crippen molar-refractivity contribution in [3.05, 3.63) is 93.8 Å². The van der Waals surface area contributed by atoms with E-state index in [1.165, 1.54) is 23.3 Å². The molecule has 0 radical (unpaired) electrons. The average molecular weight is 446 g/mol. The first-order chi connectivity index (χ1) is 15.6. The lowest BCUT2D eigenvalue weighted by molar-refractivity contribution is -0.130. The molecule has 1 aliphatic heterocycles. The second kappa shape index (κ2) is 7.97. The number of carbonyl (C=O) groups is 2. The van der Waals surface area contributed by atoms with E-state index in [0.29, 0.717) is 22.3 Å². The second-order valence-corrected chi connectivity index (χ2v) is 8.31. The van der Waals surface area contributed by atoms with Crippen molar-refractivity contribution in [3.63, 3.8) is 0 Å². The Labute approximate surface area is 187 Å². The van der Waals surface area contributed by atoms with E-state index in [0.717, 1.165) is 4.88 Å². The number of thiophene rings is 1. The number of nitrogens with zero attached hydrogens (tertiary/aromatic N) is 2. The Balaban J connectivity index is 1.60. The summed E-state index contributed by atoms with van der Waals surface area (Å²) in [5.74, 6) is -1.20. The molecule has 0 saturated heterocycles. The fraction of sp³-hybridized carbons (Fsp3) is 0.125. The quantitative estimate of drug-likeness (QED) is 0.433. The van der Waals surface area contributed by atoms with Crippen LogP contribution in [0.2, 0.25) is 0 Å². The summed E-state index contributed by atoms with van der Waals surface area (Å²) >= 11 is 1.50. The van der Waals surface area contributed by atoms with Crippen molar-refractivity contribution in [1.29, 1.82) is 0 Å². The van der Waals surface area contributed by atoms with E-state index in [2.05, 4.69) is 4.98 Å². The van der Waals surface area contributed by atoms with Gasteiger partial charge in [-0.3, -0.25) is 14.6 Å². The van der Waals surface area contributed by atoms with Crippen molar-refractivity contribution in [1.82, 2.24) is 9.88 Å². The highest BCUT2D eigenvalue weighted by atomic mass is 32.1. The van der Waals surface area contributed by atoms with Crippen LogP contribution >= 0.6 is 11.3 Å². The van der Waals surface area contributed by atoms with Gasteiger partial charge in [-0.2, -0.15) is 0 Å². The lowest BCUT2D eigenvalue weighted by Crippen LogP contribution is -2.30. The summed E-state index contributed by atoms with van der Waals surface area (Å²) in [5.41, 5.74) is 1.08.